The summed E-state index contributed by atoms with van der Waals surface area (Å²) in [5.74, 6) is 0.804. The minimum atomic E-state index is 0.743. The monoisotopic (exact) mass is 245 g/mol. The number of hydrogen-bond acceptors (Lipinski definition) is 4. The minimum Gasteiger partial charge on any atom is -0.494 e. The zero-order valence-corrected chi connectivity index (χ0v) is 10.6. The highest BCUT2D eigenvalue weighted by molar-refractivity contribution is 5.94. The molecule has 4 heteroatoms. The predicted octanol–water partition coefficient (Wildman–Crippen LogP) is 2.39. The fraction of sp³-hybridized carbons (Fsp3) is 0.357. The van der Waals surface area contributed by atoms with E-state index >= 15 is 0 Å². The van der Waals surface area contributed by atoms with E-state index < -0.39 is 0 Å². The highest BCUT2D eigenvalue weighted by Gasteiger charge is 2.05. The van der Waals surface area contributed by atoms with Gasteiger partial charge in [-0.1, -0.05) is 12.1 Å². The van der Waals surface area contributed by atoms with Gasteiger partial charge in [0.1, 0.15) is 11.3 Å². The zero-order chi connectivity index (χ0) is 12.8. The number of unbranched alkanes of at least 4 members (excludes halogenated alkanes) is 1. The molecule has 2 aromatic rings. The van der Waals surface area contributed by atoms with Gasteiger partial charge in [-0.3, -0.25) is 4.98 Å². The van der Waals surface area contributed by atoms with Crippen molar-refractivity contribution < 1.29 is 4.74 Å². The van der Waals surface area contributed by atoms with Gasteiger partial charge in [-0.2, -0.15) is 0 Å². The van der Waals surface area contributed by atoms with E-state index in [-0.39, 0.29) is 0 Å². The first-order valence-corrected chi connectivity index (χ1v) is 6.22. The van der Waals surface area contributed by atoms with E-state index in [4.69, 9.17) is 10.5 Å². The molecule has 0 saturated heterocycles. The lowest BCUT2D eigenvalue weighted by Crippen LogP contribution is -2.06. The summed E-state index contributed by atoms with van der Waals surface area (Å²) < 4.78 is 5.32. The largest absolute Gasteiger partial charge is 0.494 e. The molecule has 18 heavy (non-hydrogen) atoms. The molecule has 1 heterocycles. The Morgan fingerprint density at radius 1 is 1.28 bits per heavy atom. The van der Waals surface area contributed by atoms with E-state index in [2.05, 4.69) is 16.4 Å². The Morgan fingerprint density at radius 2 is 2.17 bits per heavy atom. The smallest absolute Gasteiger partial charge is 0.145 e. The number of aromatic nitrogens is 1. The number of benzene rings is 1. The minimum absolute atomic E-state index is 0.743. The fourth-order valence-electron chi connectivity index (χ4n) is 1.96. The molecule has 1 aromatic heterocycles. The van der Waals surface area contributed by atoms with Gasteiger partial charge in [0.05, 0.1) is 7.11 Å². The first-order chi connectivity index (χ1) is 8.86. The van der Waals surface area contributed by atoms with Crippen LogP contribution in [0.2, 0.25) is 0 Å². The number of para-hydroxylation sites is 1. The third kappa shape index (κ3) is 2.71. The van der Waals surface area contributed by atoms with Crippen molar-refractivity contribution in [2.24, 2.45) is 5.73 Å². The van der Waals surface area contributed by atoms with E-state index in [0.29, 0.717) is 0 Å². The second kappa shape index (κ2) is 6.21. The fourth-order valence-corrected chi connectivity index (χ4v) is 1.96. The first-order valence-electron chi connectivity index (χ1n) is 6.22. The number of anilines is 1. The van der Waals surface area contributed by atoms with Crippen LogP contribution in [0.5, 0.6) is 5.75 Å². The third-order valence-electron chi connectivity index (χ3n) is 2.90. The molecule has 0 radical (unpaired) electrons. The van der Waals surface area contributed by atoms with Crippen LogP contribution in [0.4, 0.5) is 5.69 Å². The molecule has 0 fully saturated rings. The molecule has 3 N–H and O–H groups in total. The normalized spacial score (nSPS) is 10.6. The summed E-state index contributed by atoms with van der Waals surface area (Å²) in [5.41, 5.74) is 7.47. The van der Waals surface area contributed by atoms with Gasteiger partial charge in [-0.05, 0) is 31.5 Å². The van der Waals surface area contributed by atoms with Crippen molar-refractivity contribution >= 4 is 16.6 Å². The molecule has 96 valence electrons. The SMILES string of the molecule is COc1cccc2c(NCCCCN)ccnc12. The highest BCUT2D eigenvalue weighted by Crippen LogP contribution is 2.28. The van der Waals surface area contributed by atoms with Crippen molar-refractivity contribution in [3.05, 3.63) is 30.5 Å². The maximum atomic E-state index is 5.48. The molecule has 0 unspecified atom stereocenters. The second-order valence-electron chi connectivity index (χ2n) is 4.14. The molecule has 0 atom stereocenters. The topological polar surface area (TPSA) is 60.2 Å². The molecule has 0 aliphatic carbocycles. The average Bonchev–Trinajstić information content (AvgIpc) is 2.43. The summed E-state index contributed by atoms with van der Waals surface area (Å²) in [7, 11) is 1.66. The van der Waals surface area contributed by atoms with Gasteiger partial charge >= 0.3 is 0 Å². The third-order valence-corrected chi connectivity index (χ3v) is 2.90. The Morgan fingerprint density at radius 3 is 2.94 bits per heavy atom. The molecule has 2 rings (SSSR count). The van der Waals surface area contributed by atoms with Crippen molar-refractivity contribution in [2.45, 2.75) is 12.8 Å². The van der Waals surface area contributed by atoms with Gasteiger partial charge in [0.2, 0.25) is 0 Å². The number of nitrogens with one attached hydrogen (secondary N) is 1. The van der Waals surface area contributed by atoms with Crippen LogP contribution >= 0.6 is 0 Å². The maximum Gasteiger partial charge on any atom is 0.145 e. The Bertz CT molecular complexity index is 513. The van der Waals surface area contributed by atoms with Crippen LogP contribution in [0.1, 0.15) is 12.8 Å². The molecule has 0 bridgehead atoms. The Labute approximate surface area is 107 Å². The highest BCUT2D eigenvalue weighted by atomic mass is 16.5. The molecular formula is C14H19N3O. The van der Waals surface area contributed by atoms with E-state index in [0.717, 1.165) is 48.3 Å². The quantitative estimate of drug-likeness (QED) is 0.767. The van der Waals surface area contributed by atoms with Gasteiger partial charge in [0, 0.05) is 23.8 Å². The van der Waals surface area contributed by atoms with Crippen LogP contribution in [0.25, 0.3) is 10.9 Å². The number of pyridine rings is 1. The van der Waals surface area contributed by atoms with Crippen LogP contribution in [0.15, 0.2) is 30.5 Å². The van der Waals surface area contributed by atoms with Crippen LogP contribution in [0.3, 0.4) is 0 Å². The van der Waals surface area contributed by atoms with Crippen LogP contribution in [-0.4, -0.2) is 25.2 Å². The van der Waals surface area contributed by atoms with E-state index in [1.807, 2.05) is 18.2 Å². The number of nitrogens with two attached hydrogens (primary N) is 1. The number of methoxy groups -OCH3 is 1. The average molecular weight is 245 g/mol. The number of ether oxygens (including phenoxy) is 1. The Hall–Kier alpha value is -1.81. The summed E-state index contributed by atoms with van der Waals surface area (Å²) in [6.45, 7) is 1.67. The number of hydrogen-bond donors (Lipinski definition) is 2. The van der Waals surface area contributed by atoms with Gasteiger partial charge < -0.3 is 15.8 Å². The number of rotatable bonds is 6. The standard InChI is InChI=1S/C14H19N3O/c1-18-13-6-4-5-11-12(7-10-17-14(11)13)16-9-3-2-8-15/h4-7,10H,2-3,8-9,15H2,1H3,(H,16,17). The molecule has 0 amide bonds. The van der Waals surface area contributed by atoms with Crippen LogP contribution in [0, 0.1) is 0 Å². The molecule has 4 nitrogen and oxygen atoms in total. The van der Waals surface area contributed by atoms with E-state index in [1.54, 1.807) is 13.3 Å². The summed E-state index contributed by atoms with van der Waals surface area (Å²) in [5, 5.41) is 4.51. The zero-order valence-electron chi connectivity index (χ0n) is 10.6. The van der Waals surface area contributed by atoms with Crippen molar-refractivity contribution in [2.75, 3.05) is 25.5 Å². The van der Waals surface area contributed by atoms with Crippen molar-refractivity contribution in [1.29, 1.82) is 0 Å². The maximum absolute atomic E-state index is 5.48. The molecule has 1 aromatic carbocycles. The van der Waals surface area contributed by atoms with E-state index in [9.17, 15) is 0 Å². The van der Waals surface area contributed by atoms with Crippen molar-refractivity contribution in [1.82, 2.24) is 4.98 Å². The van der Waals surface area contributed by atoms with Crippen molar-refractivity contribution in [3.63, 3.8) is 0 Å². The summed E-state index contributed by atoms with van der Waals surface area (Å²) in [6.07, 6.45) is 3.92. The second-order valence-corrected chi connectivity index (χ2v) is 4.14. The summed E-state index contributed by atoms with van der Waals surface area (Å²) in [6, 6.07) is 7.95. The molecule has 0 aliphatic heterocycles. The number of nitrogens with zero attached hydrogens (tertiary/aromatic N) is 1. The Kier molecular flexibility index (Phi) is 4.36. The molecule has 0 saturated carbocycles. The van der Waals surface area contributed by atoms with Gasteiger partial charge in [0.15, 0.2) is 0 Å². The predicted molar refractivity (Wildman–Crippen MR) is 75.1 cm³/mol. The lowest BCUT2D eigenvalue weighted by Gasteiger charge is -2.10. The first kappa shape index (κ1) is 12.6. The van der Waals surface area contributed by atoms with Gasteiger partial charge in [0.25, 0.3) is 0 Å². The van der Waals surface area contributed by atoms with E-state index in [1.165, 1.54) is 0 Å². The lowest BCUT2D eigenvalue weighted by atomic mass is 10.1. The van der Waals surface area contributed by atoms with Crippen molar-refractivity contribution in [3.8, 4) is 5.75 Å². The Balaban J connectivity index is 2.23. The molecule has 0 aliphatic rings. The van der Waals surface area contributed by atoms with Gasteiger partial charge in [-0.15, -0.1) is 0 Å². The van der Waals surface area contributed by atoms with Crippen LogP contribution < -0.4 is 15.8 Å². The lowest BCUT2D eigenvalue weighted by molar-refractivity contribution is 0.419. The van der Waals surface area contributed by atoms with Gasteiger partial charge in [-0.25, -0.2) is 0 Å². The number of fused-ring (bicyclic) bond motifs is 1. The molecule has 0 spiro atoms. The molecular weight excluding hydrogens is 226 g/mol. The summed E-state index contributed by atoms with van der Waals surface area (Å²) >= 11 is 0. The van der Waals surface area contributed by atoms with Crippen LogP contribution in [-0.2, 0) is 0 Å². The summed E-state index contributed by atoms with van der Waals surface area (Å²) in [4.78, 5) is 4.37.